The maximum Gasteiger partial charge on any atom is 0.368 e. The summed E-state index contributed by atoms with van der Waals surface area (Å²) in [5.41, 5.74) is -0.789. The molecule has 1 N–H and O–H groups in total. The summed E-state index contributed by atoms with van der Waals surface area (Å²) < 4.78 is 21.8. The first-order valence-electron chi connectivity index (χ1n) is 7.40. The van der Waals surface area contributed by atoms with Gasteiger partial charge in [-0.3, -0.25) is 0 Å². The fraction of sp³-hybridized carbons (Fsp3) is 0.533. The van der Waals surface area contributed by atoms with Gasteiger partial charge in [-0.2, -0.15) is 9.36 Å². The molecule has 0 aliphatic carbocycles. The molecule has 7 nitrogen and oxygen atoms in total. The molecule has 0 saturated carbocycles. The molecule has 0 radical (unpaired) electrons. The van der Waals surface area contributed by atoms with Crippen LogP contribution in [0.15, 0.2) is 16.9 Å². The second-order valence-corrected chi connectivity index (χ2v) is 6.06. The zero-order valence-corrected chi connectivity index (χ0v) is 13.7. The average Bonchev–Trinajstić information content (AvgIpc) is 2.78. The molecule has 0 spiro atoms. The van der Waals surface area contributed by atoms with Crippen LogP contribution >= 0.6 is 0 Å². The maximum absolute atomic E-state index is 14.2. The Balaban J connectivity index is 2.53. The molecule has 1 heterocycles. The summed E-state index contributed by atoms with van der Waals surface area (Å²) in [5, 5.41) is 17.2. The number of aromatic nitrogens is 4. The van der Waals surface area contributed by atoms with Crippen LogP contribution in [0.2, 0.25) is 0 Å². The second-order valence-electron chi connectivity index (χ2n) is 6.06. The Labute approximate surface area is 133 Å². The van der Waals surface area contributed by atoms with Crippen molar-refractivity contribution in [2.24, 2.45) is 7.05 Å². The van der Waals surface area contributed by atoms with E-state index in [9.17, 15) is 14.3 Å². The Hall–Kier alpha value is -2.22. The first-order valence-corrected chi connectivity index (χ1v) is 7.40. The molecule has 8 heteroatoms. The predicted octanol–water partition coefficient (Wildman–Crippen LogP) is 1.21. The number of aryl methyl sites for hydroxylation is 2. The Morgan fingerprint density at radius 2 is 2.04 bits per heavy atom. The minimum atomic E-state index is -1.09. The summed E-state index contributed by atoms with van der Waals surface area (Å²) in [6.07, 6.45) is 1.29. The molecule has 1 aromatic carbocycles. The molecule has 2 rings (SSSR count). The zero-order chi connectivity index (χ0) is 17.2. The Morgan fingerprint density at radius 1 is 1.35 bits per heavy atom. The van der Waals surface area contributed by atoms with Gasteiger partial charge in [-0.25, -0.2) is 9.18 Å². The quantitative estimate of drug-likeness (QED) is 0.863. The number of halogens is 1. The zero-order valence-electron chi connectivity index (χ0n) is 13.7. The van der Waals surface area contributed by atoms with Crippen molar-refractivity contribution in [3.8, 4) is 11.4 Å². The molecule has 0 bridgehead atoms. The summed E-state index contributed by atoms with van der Waals surface area (Å²) >= 11 is 0. The third kappa shape index (κ3) is 3.95. The second kappa shape index (κ2) is 6.49. The maximum atomic E-state index is 14.2. The van der Waals surface area contributed by atoms with Gasteiger partial charge in [0.05, 0.1) is 5.60 Å². The van der Waals surface area contributed by atoms with Crippen LogP contribution in [0.1, 0.15) is 32.8 Å². The molecule has 0 aliphatic rings. The van der Waals surface area contributed by atoms with Crippen molar-refractivity contribution in [3.05, 3.63) is 34.0 Å². The van der Waals surface area contributed by atoms with Gasteiger partial charge in [0.25, 0.3) is 0 Å². The number of rotatable bonds is 6. The number of hydrogen-bond donors (Lipinski definition) is 1. The highest BCUT2D eigenvalue weighted by Crippen LogP contribution is 2.27. The molecule has 0 saturated heterocycles. The van der Waals surface area contributed by atoms with E-state index in [1.54, 1.807) is 13.8 Å². The highest BCUT2D eigenvalue weighted by molar-refractivity contribution is 5.49. The largest absolute Gasteiger partial charge is 0.488 e. The van der Waals surface area contributed by atoms with Crippen LogP contribution in [0, 0.1) is 5.82 Å². The molecular weight excluding hydrogens is 303 g/mol. The number of nitrogens with zero attached hydrogens (tertiary/aromatic N) is 4. The van der Waals surface area contributed by atoms with E-state index in [0.717, 1.165) is 15.8 Å². The molecular formula is C15H21FN4O3. The molecule has 23 heavy (non-hydrogen) atoms. The van der Waals surface area contributed by atoms with Crippen molar-refractivity contribution in [1.29, 1.82) is 0 Å². The van der Waals surface area contributed by atoms with E-state index in [1.165, 1.54) is 19.2 Å². The number of aliphatic hydroxyl groups is 1. The lowest BCUT2D eigenvalue weighted by molar-refractivity contribution is 0.0283. The summed E-state index contributed by atoms with van der Waals surface area (Å²) in [6, 6.07) is 2.75. The van der Waals surface area contributed by atoms with Gasteiger partial charge in [-0.05, 0) is 42.3 Å². The van der Waals surface area contributed by atoms with Gasteiger partial charge in [-0.15, -0.1) is 0 Å². The van der Waals surface area contributed by atoms with Gasteiger partial charge in [-0.1, -0.05) is 13.3 Å². The van der Waals surface area contributed by atoms with E-state index < -0.39 is 17.1 Å². The van der Waals surface area contributed by atoms with Gasteiger partial charge in [0.2, 0.25) is 0 Å². The van der Waals surface area contributed by atoms with E-state index in [1.807, 2.05) is 6.92 Å². The molecule has 0 aliphatic heterocycles. The van der Waals surface area contributed by atoms with Crippen molar-refractivity contribution >= 4 is 0 Å². The lowest BCUT2D eigenvalue weighted by Gasteiger charge is -2.19. The topological polar surface area (TPSA) is 82.2 Å². The van der Waals surface area contributed by atoms with Gasteiger partial charge < -0.3 is 9.84 Å². The molecule has 0 fully saturated rings. The van der Waals surface area contributed by atoms with Crippen LogP contribution in [-0.4, -0.2) is 37.1 Å². The first-order chi connectivity index (χ1) is 10.7. The van der Waals surface area contributed by atoms with Crippen molar-refractivity contribution in [3.63, 3.8) is 0 Å². The minimum absolute atomic E-state index is 0.0540. The van der Waals surface area contributed by atoms with Crippen LogP contribution in [0.25, 0.3) is 5.69 Å². The van der Waals surface area contributed by atoms with Gasteiger partial charge in [0, 0.05) is 13.1 Å². The lowest BCUT2D eigenvalue weighted by Crippen LogP contribution is -2.29. The van der Waals surface area contributed by atoms with E-state index in [-0.39, 0.29) is 12.4 Å². The summed E-state index contributed by atoms with van der Waals surface area (Å²) in [6.45, 7) is 5.03. The molecule has 0 amide bonds. The Morgan fingerprint density at radius 3 is 2.57 bits per heavy atom. The summed E-state index contributed by atoms with van der Waals surface area (Å²) in [7, 11) is 1.47. The number of benzene rings is 1. The van der Waals surface area contributed by atoms with Crippen LogP contribution in [0.5, 0.6) is 5.75 Å². The first kappa shape index (κ1) is 17.1. The summed E-state index contributed by atoms with van der Waals surface area (Å²) in [4.78, 5) is 12.1. The van der Waals surface area contributed by atoms with Gasteiger partial charge in [0.15, 0.2) is 0 Å². The monoisotopic (exact) mass is 324 g/mol. The van der Waals surface area contributed by atoms with Crippen LogP contribution in [0.4, 0.5) is 4.39 Å². The smallest absolute Gasteiger partial charge is 0.368 e. The molecule has 2 aromatic rings. The van der Waals surface area contributed by atoms with Crippen LogP contribution < -0.4 is 10.4 Å². The summed E-state index contributed by atoms with van der Waals surface area (Å²) in [5.74, 6) is -0.287. The normalized spacial score (nSPS) is 11.7. The predicted molar refractivity (Wildman–Crippen MR) is 82.3 cm³/mol. The van der Waals surface area contributed by atoms with Crippen molar-refractivity contribution in [1.82, 2.24) is 19.8 Å². The SMILES string of the molecule is CCCc1cc(-n2nnn(C)c2=O)c(OCC(C)(C)O)cc1F. The van der Waals surface area contributed by atoms with E-state index in [2.05, 4.69) is 10.4 Å². The third-order valence-corrected chi connectivity index (χ3v) is 3.18. The van der Waals surface area contributed by atoms with Crippen molar-refractivity contribution < 1.29 is 14.2 Å². The number of ether oxygens (including phenoxy) is 1. The Kier molecular flexibility index (Phi) is 4.84. The molecule has 0 unspecified atom stereocenters. The highest BCUT2D eigenvalue weighted by Gasteiger charge is 2.19. The lowest BCUT2D eigenvalue weighted by atomic mass is 10.1. The van der Waals surface area contributed by atoms with E-state index >= 15 is 0 Å². The Bertz CT molecular complexity index is 746. The van der Waals surface area contributed by atoms with E-state index in [4.69, 9.17) is 4.74 Å². The number of hydrogen-bond acceptors (Lipinski definition) is 5. The van der Waals surface area contributed by atoms with Gasteiger partial charge >= 0.3 is 5.69 Å². The molecule has 1 aromatic heterocycles. The van der Waals surface area contributed by atoms with Crippen molar-refractivity contribution in [2.75, 3.05) is 6.61 Å². The van der Waals surface area contributed by atoms with Crippen LogP contribution in [0.3, 0.4) is 0 Å². The number of tetrazole rings is 1. The average molecular weight is 324 g/mol. The van der Waals surface area contributed by atoms with Crippen molar-refractivity contribution in [2.45, 2.75) is 39.2 Å². The van der Waals surface area contributed by atoms with Gasteiger partial charge in [0.1, 0.15) is 23.9 Å². The minimum Gasteiger partial charge on any atom is -0.488 e. The molecule has 0 atom stereocenters. The standard InChI is InChI=1S/C15H21FN4O3/c1-5-6-10-7-12(20-14(21)19(4)17-18-20)13(8-11(10)16)23-9-15(2,3)22/h7-8,22H,5-6,9H2,1-4H3. The highest BCUT2D eigenvalue weighted by atomic mass is 19.1. The fourth-order valence-corrected chi connectivity index (χ4v) is 2.05. The fourth-order valence-electron chi connectivity index (χ4n) is 2.05. The third-order valence-electron chi connectivity index (χ3n) is 3.18. The van der Waals surface area contributed by atoms with Crippen LogP contribution in [-0.2, 0) is 13.5 Å². The molecule has 126 valence electrons. The van der Waals surface area contributed by atoms with E-state index in [0.29, 0.717) is 17.7 Å².